The van der Waals surface area contributed by atoms with Gasteiger partial charge in [0.1, 0.15) is 11.4 Å². The molecule has 0 bridgehead atoms. The first-order valence-corrected chi connectivity index (χ1v) is 8.55. The van der Waals surface area contributed by atoms with Crippen LogP contribution < -0.4 is 5.43 Å². The van der Waals surface area contributed by atoms with Crippen LogP contribution in [-0.4, -0.2) is 58.1 Å². The number of nitrogens with zero attached hydrogens (tertiary/aromatic N) is 3. The van der Waals surface area contributed by atoms with E-state index in [2.05, 4.69) is 42.7 Å². The van der Waals surface area contributed by atoms with Gasteiger partial charge in [-0.15, -0.1) is 0 Å². The fourth-order valence-corrected chi connectivity index (χ4v) is 3.37. The molecule has 3 aromatic rings. The first-order valence-electron chi connectivity index (χ1n) is 7.76. The zero-order valence-corrected chi connectivity index (χ0v) is 14.8. The molecule has 0 amide bonds. The summed E-state index contributed by atoms with van der Waals surface area (Å²) in [5.41, 5.74) is 1.20. The number of fused-ring (bicyclic) bond motifs is 3. The number of hydrogen-bond acceptors (Lipinski definition) is 6. The maximum absolute atomic E-state index is 11.7. The predicted octanol–water partition coefficient (Wildman–Crippen LogP) is 1.88. The number of aromatic nitrogens is 2. The van der Waals surface area contributed by atoms with Crippen LogP contribution in [-0.2, 0) is 6.54 Å². The molecule has 1 aliphatic heterocycles. The number of aromatic hydroxyl groups is 1. The van der Waals surface area contributed by atoms with Crippen molar-refractivity contribution in [2.75, 3.05) is 33.2 Å². The summed E-state index contributed by atoms with van der Waals surface area (Å²) in [7, 11) is 2.11. The lowest BCUT2D eigenvalue weighted by Crippen LogP contribution is -2.44. The molecule has 0 radical (unpaired) electrons. The maximum Gasteiger partial charge on any atom is 0.259 e. The van der Waals surface area contributed by atoms with Crippen molar-refractivity contribution in [3.8, 4) is 5.88 Å². The summed E-state index contributed by atoms with van der Waals surface area (Å²) in [6, 6.07) is 3.12. The Morgan fingerprint density at radius 2 is 2.08 bits per heavy atom. The second-order valence-corrected chi connectivity index (χ2v) is 7.03. The van der Waals surface area contributed by atoms with Crippen molar-refractivity contribution in [2.45, 2.75) is 6.54 Å². The second kappa shape index (κ2) is 5.87. The third kappa shape index (κ3) is 2.70. The Hall–Kier alpha value is -1.90. The summed E-state index contributed by atoms with van der Waals surface area (Å²) in [6.45, 7) is 4.58. The first kappa shape index (κ1) is 15.6. The van der Waals surface area contributed by atoms with E-state index in [1.54, 1.807) is 6.07 Å². The molecule has 8 heteroatoms. The van der Waals surface area contributed by atoms with Crippen molar-refractivity contribution < 1.29 is 9.52 Å². The lowest BCUT2D eigenvalue weighted by Gasteiger charge is -2.31. The molecular weight excluding hydrogens is 376 g/mol. The van der Waals surface area contributed by atoms with Crippen molar-refractivity contribution in [2.24, 2.45) is 0 Å². The highest BCUT2D eigenvalue weighted by Gasteiger charge is 2.18. The van der Waals surface area contributed by atoms with Gasteiger partial charge in [-0.25, -0.2) is 0 Å². The Morgan fingerprint density at radius 3 is 2.83 bits per heavy atom. The van der Waals surface area contributed by atoms with Crippen LogP contribution in [0.5, 0.6) is 5.88 Å². The number of likely N-dealkylation sites (N-methyl/N-ethyl adjacent to an activating group) is 1. The van der Waals surface area contributed by atoms with Gasteiger partial charge in [0.25, 0.3) is 5.88 Å². The summed E-state index contributed by atoms with van der Waals surface area (Å²) >= 11 is 3.25. The summed E-state index contributed by atoms with van der Waals surface area (Å²) in [4.78, 5) is 23.8. The van der Waals surface area contributed by atoms with E-state index in [4.69, 9.17) is 4.42 Å². The van der Waals surface area contributed by atoms with Crippen LogP contribution >= 0.6 is 15.9 Å². The summed E-state index contributed by atoms with van der Waals surface area (Å²) in [6.07, 6.45) is 0. The van der Waals surface area contributed by atoms with E-state index in [1.165, 1.54) is 6.07 Å². The molecule has 0 saturated carbocycles. The molecular formula is C16H17BrN4O3. The summed E-state index contributed by atoms with van der Waals surface area (Å²) in [5.74, 6) is 0.516. The van der Waals surface area contributed by atoms with Gasteiger partial charge >= 0.3 is 0 Å². The zero-order valence-electron chi connectivity index (χ0n) is 13.2. The minimum absolute atomic E-state index is 0.160. The normalized spacial score (nSPS) is 17.1. The van der Waals surface area contributed by atoms with Gasteiger partial charge in [-0.3, -0.25) is 9.69 Å². The van der Waals surface area contributed by atoms with Gasteiger partial charge in [0.15, 0.2) is 5.43 Å². The third-order valence-electron chi connectivity index (χ3n) is 4.43. The Morgan fingerprint density at radius 1 is 1.33 bits per heavy atom. The standard InChI is InChI=1S/C16H17BrN4O3/c1-20-2-4-21(5-3-20)8-13-18-14-9-6-10(17)11(22)7-12(9)24-15(14)16(23)19-13/h6-7,23H,2-5,8H2,1H3,(H,18,19). The Bertz CT molecular complexity index is 973. The Balaban J connectivity index is 1.76. The van der Waals surface area contributed by atoms with Crippen LogP contribution in [0.15, 0.2) is 25.8 Å². The van der Waals surface area contributed by atoms with E-state index in [0.717, 1.165) is 31.6 Å². The molecule has 24 heavy (non-hydrogen) atoms. The lowest BCUT2D eigenvalue weighted by atomic mass is 10.2. The molecule has 2 N–H and O–H groups in total. The van der Waals surface area contributed by atoms with Crippen molar-refractivity contribution in [3.05, 3.63) is 32.7 Å². The molecule has 0 atom stereocenters. The summed E-state index contributed by atoms with van der Waals surface area (Å²) < 4.78 is 6.05. The number of furan rings is 1. The van der Waals surface area contributed by atoms with Crippen LogP contribution in [0.1, 0.15) is 5.82 Å². The SMILES string of the molecule is CN1CCN(Cc2nc(O)c3oc4cc(=O)c(Br)cc4c3[nH]2)CC1. The van der Waals surface area contributed by atoms with Crippen molar-refractivity contribution in [1.82, 2.24) is 19.8 Å². The van der Waals surface area contributed by atoms with E-state index in [0.29, 0.717) is 27.9 Å². The molecule has 1 aromatic carbocycles. The van der Waals surface area contributed by atoms with E-state index in [-0.39, 0.29) is 16.9 Å². The number of nitrogens with one attached hydrogen (secondary N) is 1. The van der Waals surface area contributed by atoms with Crippen molar-refractivity contribution >= 4 is 38.0 Å². The number of hydrogen-bond donors (Lipinski definition) is 2. The van der Waals surface area contributed by atoms with Gasteiger partial charge in [0, 0.05) is 37.6 Å². The van der Waals surface area contributed by atoms with Gasteiger partial charge in [0.2, 0.25) is 5.58 Å². The van der Waals surface area contributed by atoms with Crippen LogP contribution in [0.25, 0.3) is 22.1 Å². The molecule has 3 heterocycles. The van der Waals surface area contributed by atoms with Gasteiger partial charge < -0.3 is 19.4 Å². The van der Waals surface area contributed by atoms with Gasteiger partial charge in [-0.2, -0.15) is 4.98 Å². The van der Waals surface area contributed by atoms with Crippen molar-refractivity contribution in [1.29, 1.82) is 0 Å². The Labute approximate surface area is 146 Å². The molecule has 1 saturated heterocycles. The largest absolute Gasteiger partial charge is 0.491 e. The van der Waals surface area contributed by atoms with Crippen LogP contribution in [0, 0.1) is 0 Å². The number of benzene rings is 1. The minimum atomic E-state index is -0.160. The highest BCUT2D eigenvalue weighted by Crippen LogP contribution is 2.32. The quantitative estimate of drug-likeness (QED) is 0.692. The highest BCUT2D eigenvalue weighted by atomic mass is 79.9. The first-order chi connectivity index (χ1) is 11.5. The fraction of sp³-hybridized carbons (Fsp3) is 0.375. The zero-order chi connectivity index (χ0) is 16.8. The molecule has 126 valence electrons. The lowest BCUT2D eigenvalue weighted by molar-refractivity contribution is 0.145. The molecule has 1 aliphatic rings. The highest BCUT2D eigenvalue weighted by molar-refractivity contribution is 9.10. The van der Waals surface area contributed by atoms with Gasteiger partial charge in [0.05, 0.1) is 16.5 Å². The number of rotatable bonds is 2. The molecule has 0 unspecified atom stereocenters. The van der Waals surface area contributed by atoms with Crippen LogP contribution in [0.4, 0.5) is 0 Å². The number of aromatic amines is 1. The average Bonchev–Trinajstić information content (AvgIpc) is 2.89. The Kier molecular flexibility index (Phi) is 3.82. The fourth-order valence-electron chi connectivity index (χ4n) is 3.02. The molecule has 2 aromatic heterocycles. The minimum Gasteiger partial charge on any atom is -0.491 e. The maximum atomic E-state index is 11.7. The summed E-state index contributed by atoms with van der Waals surface area (Å²) in [5, 5.41) is 11.0. The van der Waals surface area contributed by atoms with Crippen LogP contribution in [0.2, 0.25) is 0 Å². The monoisotopic (exact) mass is 392 g/mol. The molecule has 0 spiro atoms. The van der Waals surface area contributed by atoms with E-state index in [9.17, 15) is 9.90 Å². The number of halogens is 1. The molecule has 7 nitrogen and oxygen atoms in total. The van der Waals surface area contributed by atoms with Crippen molar-refractivity contribution in [3.63, 3.8) is 0 Å². The topological polar surface area (TPSA) is 85.6 Å². The van der Waals surface area contributed by atoms with Gasteiger partial charge in [-0.05, 0) is 29.0 Å². The smallest absolute Gasteiger partial charge is 0.259 e. The average molecular weight is 393 g/mol. The van der Waals surface area contributed by atoms with E-state index in [1.807, 2.05) is 0 Å². The van der Waals surface area contributed by atoms with Crippen LogP contribution in [0.3, 0.4) is 0 Å². The molecule has 0 aliphatic carbocycles. The van der Waals surface area contributed by atoms with Gasteiger partial charge in [-0.1, -0.05) is 0 Å². The van der Waals surface area contributed by atoms with E-state index >= 15 is 0 Å². The number of H-pyrrole nitrogens is 1. The van der Waals surface area contributed by atoms with E-state index < -0.39 is 0 Å². The predicted molar refractivity (Wildman–Crippen MR) is 94.3 cm³/mol. The molecule has 4 rings (SSSR count). The molecule has 1 fully saturated rings. The second-order valence-electron chi connectivity index (χ2n) is 6.17. The number of piperazine rings is 1. The third-order valence-corrected chi connectivity index (χ3v) is 5.04.